The van der Waals surface area contributed by atoms with Crippen molar-refractivity contribution < 1.29 is 9.53 Å². The number of hydrogen-bond acceptors (Lipinski definition) is 2. The third-order valence-electron chi connectivity index (χ3n) is 3.35. The van der Waals surface area contributed by atoms with E-state index >= 15 is 0 Å². The number of rotatable bonds is 5. The molecule has 3 heteroatoms. The van der Waals surface area contributed by atoms with Crippen LogP contribution >= 0.6 is 0 Å². The van der Waals surface area contributed by atoms with Gasteiger partial charge in [-0.05, 0) is 31.7 Å². The van der Waals surface area contributed by atoms with Crippen molar-refractivity contribution in [2.45, 2.75) is 31.7 Å². The lowest BCUT2D eigenvalue weighted by molar-refractivity contribution is -0.128. The Labute approximate surface area is 102 Å². The second-order valence-corrected chi connectivity index (χ2v) is 4.49. The third-order valence-corrected chi connectivity index (χ3v) is 3.35. The van der Waals surface area contributed by atoms with Gasteiger partial charge in [0.15, 0.2) is 0 Å². The van der Waals surface area contributed by atoms with E-state index in [2.05, 4.69) is 17.4 Å². The summed E-state index contributed by atoms with van der Waals surface area (Å²) in [4.78, 5) is 11.7. The topological polar surface area (TPSA) is 38.3 Å². The van der Waals surface area contributed by atoms with Crippen LogP contribution in [0.4, 0.5) is 0 Å². The summed E-state index contributed by atoms with van der Waals surface area (Å²) in [6.45, 7) is 2.63. The predicted octanol–water partition coefficient (Wildman–Crippen LogP) is 2.22. The Bertz CT molecular complexity index is 371. The lowest BCUT2D eigenvalue weighted by atomic mass is 9.72. The van der Waals surface area contributed by atoms with E-state index in [9.17, 15) is 4.79 Å². The Balaban J connectivity index is 2.03. The van der Waals surface area contributed by atoms with Crippen LogP contribution in [0.25, 0.3) is 0 Å². The van der Waals surface area contributed by atoms with Gasteiger partial charge in [-0.2, -0.15) is 0 Å². The third kappa shape index (κ3) is 2.67. The van der Waals surface area contributed by atoms with Gasteiger partial charge in [-0.1, -0.05) is 30.3 Å². The van der Waals surface area contributed by atoms with E-state index in [1.807, 2.05) is 25.1 Å². The normalized spacial score (nSPS) is 17.2. The fourth-order valence-electron chi connectivity index (χ4n) is 2.27. The molecule has 1 fully saturated rings. The molecule has 1 N–H and O–H groups in total. The smallest absolute Gasteiger partial charge is 0.246 e. The largest absolute Gasteiger partial charge is 0.372 e. The minimum absolute atomic E-state index is 0.0181. The molecule has 17 heavy (non-hydrogen) atoms. The molecular formula is C14H19NO2. The van der Waals surface area contributed by atoms with E-state index in [4.69, 9.17) is 4.74 Å². The van der Waals surface area contributed by atoms with Gasteiger partial charge < -0.3 is 10.1 Å². The van der Waals surface area contributed by atoms with Crippen LogP contribution in [0.2, 0.25) is 0 Å². The Morgan fingerprint density at radius 2 is 2.06 bits per heavy atom. The van der Waals surface area contributed by atoms with Crippen molar-refractivity contribution in [3.8, 4) is 0 Å². The van der Waals surface area contributed by atoms with Gasteiger partial charge in [0.05, 0.1) is 5.54 Å². The van der Waals surface area contributed by atoms with E-state index in [1.54, 1.807) is 0 Å². The second-order valence-electron chi connectivity index (χ2n) is 4.49. The molecule has 0 atom stereocenters. The number of hydrogen-bond donors (Lipinski definition) is 1. The van der Waals surface area contributed by atoms with Crippen LogP contribution in [-0.4, -0.2) is 19.1 Å². The molecule has 2 rings (SSSR count). The number of amides is 1. The highest BCUT2D eigenvalue weighted by Gasteiger charge is 2.39. The van der Waals surface area contributed by atoms with Crippen molar-refractivity contribution in [2.75, 3.05) is 13.2 Å². The maximum absolute atomic E-state index is 11.7. The van der Waals surface area contributed by atoms with Crippen LogP contribution in [0.1, 0.15) is 31.7 Å². The minimum atomic E-state index is -0.143. The molecule has 1 aromatic rings. The molecule has 0 radical (unpaired) electrons. The number of nitrogens with one attached hydrogen (secondary N) is 1. The average molecular weight is 233 g/mol. The zero-order chi connectivity index (χ0) is 12.1. The van der Waals surface area contributed by atoms with Gasteiger partial charge in [0.25, 0.3) is 0 Å². The first-order valence-corrected chi connectivity index (χ1v) is 6.21. The van der Waals surface area contributed by atoms with Crippen molar-refractivity contribution in [1.29, 1.82) is 0 Å². The Morgan fingerprint density at radius 1 is 1.35 bits per heavy atom. The van der Waals surface area contributed by atoms with E-state index in [1.165, 1.54) is 12.0 Å². The maximum Gasteiger partial charge on any atom is 0.246 e. The second kappa shape index (κ2) is 5.32. The number of ether oxygens (including phenoxy) is 1. The molecule has 0 heterocycles. The van der Waals surface area contributed by atoms with Gasteiger partial charge in [0, 0.05) is 6.61 Å². The average Bonchev–Trinajstić information content (AvgIpc) is 2.32. The Kier molecular flexibility index (Phi) is 3.79. The van der Waals surface area contributed by atoms with E-state index in [-0.39, 0.29) is 18.1 Å². The summed E-state index contributed by atoms with van der Waals surface area (Å²) in [7, 11) is 0. The lowest BCUT2D eigenvalue weighted by Gasteiger charge is -2.43. The Hall–Kier alpha value is -1.35. The Morgan fingerprint density at radius 3 is 2.59 bits per heavy atom. The molecule has 0 aliphatic heterocycles. The molecule has 1 saturated carbocycles. The molecule has 1 aliphatic rings. The highest BCUT2D eigenvalue weighted by molar-refractivity contribution is 5.78. The van der Waals surface area contributed by atoms with Gasteiger partial charge in [-0.15, -0.1) is 0 Å². The van der Waals surface area contributed by atoms with Gasteiger partial charge in [-0.25, -0.2) is 0 Å². The van der Waals surface area contributed by atoms with E-state index in [0.717, 1.165) is 12.8 Å². The van der Waals surface area contributed by atoms with Crippen LogP contribution in [0.5, 0.6) is 0 Å². The molecule has 3 nitrogen and oxygen atoms in total. The van der Waals surface area contributed by atoms with Gasteiger partial charge in [0.2, 0.25) is 5.91 Å². The van der Waals surface area contributed by atoms with Crippen LogP contribution in [0, 0.1) is 0 Å². The van der Waals surface area contributed by atoms with E-state index < -0.39 is 0 Å². The quantitative estimate of drug-likeness (QED) is 0.847. The van der Waals surface area contributed by atoms with Gasteiger partial charge >= 0.3 is 0 Å². The summed E-state index contributed by atoms with van der Waals surface area (Å²) in [6.07, 6.45) is 3.22. The van der Waals surface area contributed by atoms with Crippen molar-refractivity contribution in [3.63, 3.8) is 0 Å². The van der Waals surface area contributed by atoms with Crippen LogP contribution in [0.3, 0.4) is 0 Å². The maximum atomic E-state index is 11.7. The zero-order valence-corrected chi connectivity index (χ0v) is 10.2. The van der Waals surface area contributed by atoms with E-state index in [0.29, 0.717) is 6.61 Å². The first-order chi connectivity index (χ1) is 8.27. The van der Waals surface area contributed by atoms with Gasteiger partial charge in [-0.3, -0.25) is 4.79 Å². The predicted molar refractivity (Wildman–Crippen MR) is 66.6 cm³/mol. The molecule has 0 saturated heterocycles. The highest BCUT2D eigenvalue weighted by atomic mass is 16.5. The molecule has 0 spiro atoms. The molecule has 1 aromatic carbocycles. The molecule has 92 valence electrons. The fourth-order valence-corrected chi connectivity index (χ4v) is 2.27. The first-order valence-electron chi connectivity index (χ1n) is 6.21. The molecular weight excluding hydrogens is 214 g/mol. The fraction of sp³-hybridized carbons (Fsp3) is 0.500. The summed E-state index contributed by atoms with van der Waals surface area (Å²) in [6, 6.07) is 10.2. The standard InChI is InChI=1S/C14H19NO2/c1-2-17-11-13(16)15-14(9-6-10-14)12-7-4-3-5-8-12/h3-5,7-8H,2,6,9-11H2,1H3,(H,15,16). The van der Waals surface area contributed by atoms with Crippen molar-refractivity contribution in [2.24, 2.45) is 0 Å². The summed E-state index contributed by atoms with van der Waals surface area (Å²) in [5.74, 6) is -0.0181. The lowest BCUT2D eigenvalue weighted by Crippen LogP contribution is -2.51. The molecule has 0 unspecified atom stereocenters. The monoisotopic (exact) mass is 233 g/mol. The molecule has 0 bridgehead atoms. The summed E-state index contributed by atoms with van der Waals surface area (Å²) >= 11 is 0. The van der Waals surface area contributed by atoms with Crippen LogP contribution < -0.4 is 5.32 Å². The van der Waals surface area contributed by atoms with Crippen molar-refractivity contribution >= 4 is 5.91 Å². The van der Waals surface area contributed by atoms with Crippen LogP contribution in [-0.2, 0) is 15.1 Å². The van der Waals surface area contributed by atoms with Crippen LogP contribution in [0.15, 0.2) is 30.3 Å². The molecule has 0 aromatic heterocycles. The van der Waals surface area contributed by atoms with Gasteiger partial charge in [0.1, 0.15) is 6.61 Å². The molecule has 1 aliphatic carbocycles. The summed E-state index contributed by atoms with van der Waals surface area (Å²) < 4.78 is 5.13. The van der Waals surface area contributed by atoms with Crippen molar-refractivity contribution in [1.82, 2.24) is 5.32 Å². The summed E-state index contributed by atoms with van der Waals surface area (Å²) in [5, 5.41) is 3.12. The zero-order valence-electron chi connectivity index (χ0n) is 10.2. The first kappa shape index (κ1) is 12.1. The summed E-state index contributed by atoms with van der Waals surface area (Å²) in [5.41, 5.74) is 1.06. The number of carbonyl (C=O) groups excluding carboxylic acids is 1. The molecule has 1 amide bonds. The SMILES string of the molecule is CCOCC(=O)NC1(c2ccccc2)CCC1. The highest BCUT2D eigenvalue weighted by Crippen LogP contribution is 2.40. The minimum Gasteiger partial charge on any atom is -0.372 e. The number of benzene rings is 1. The number of carbonyl (C=O) groups is 1. The van der Waals surface area contributed by atoms with Crippen molar-refractivity contribution in [3.05, 3.63) is 35.9 Å².